The molecule has 116 valence electrons. The topological polar surface area (TPSA) is 105 Å². The Morgan fingerprint density at radius 2 is 2.08 bits per heavy atom. The molecule has 1 atom stereocenters. The second-order valence-corrected chi connectivity index (χ2v) is 5.45. The predicted octanol–water partition coefficient (Wildman–Crippen LogP) is 2.14. The standard InChI is InChI=1S/C18H12N4O2/c19-8-12-14(10-4-3-7-21-9-10)15-16(24-17(12)20)11-5-1-2-6-13(11)22-18(15)23/h1-7,9,14H,20H2,(H,22,23)/t14-/m1/s1. The molecule has 1 aliphatic rings. The molecule has 0 saturated heterocycles. The Kier molecular flexibility index (Phi) is 3.07. The molecule has 3 N–H and O–H groups in total. The smallest absolute Gasteiger partial charge is 0.256 e. The van der Waals surface area contributed by atoms with E-state index in [1.165, 1.54) is 0 Å². The largest absolute Gasteiger partial charge is 0.439 e. The number of nitriles is 1. The van der Waals surface area contributed by atoms with Crippen LogP contribution in [0.4, 0.5) is 0 Å². The first-order valence-corrected chi connectivity index (χ1v) is 7.33. The number of benzene rings is 1. The van der Waals surface area contributed by atoms with Gasteiger partial charge in [0.15, 0.2) is 0 Å². The zero-order chi connectivity index (χ0) is 16.7. The number of nitrogens with two attached hydrogens (primary N) is 1. The van der Waals surface area contributed by atoms with Crippen molar-refractivity contribution in [3.05, 3.63) is 81.7 Å². The van der Waals surface area contributed by atoms with Crippen molar-refractivity contribution in [2.75, 3.05) is 0 Å². The van der Waals surface area contributed by atoms with Crippen LogP contribution in [-0.2, 0) is 0 Å². The molecule has 6 nitrogen and oxygen atoms in total. The van der Waals surface area contributed by atoms with Gasteiger partial charge in [0.2, 0.25) is 5.88 Å². The maximum atomic E-state index is 12.7. The monoisotopic (exact) mass is 316 g/mol. The van der Waals surface area contributed by atoms with Crippen molar-refractivity contribution in [1.82, 2.24) is 9.97 Å². The highest BCUT2D eigenvalue weighted by atomic mass is 16.5. The van der Waals surface area contributed by atoms with Crippen LogP contribution in [0.5, 0.6) is 5.75 Å². The van der Waals surface area contributed by atoms with Gasteiger partial charge in [-0.05, 0) is 23.8 Å². The van der Waals surface area contributed by atoms with Crippen LogP contribution in [-0.4, -0.2) is 9.97 Å². The molecule has 1 aromatic carbocycles. The molecular weight excluding hydrogens is 304 g/mol. The predicted molar refractivity (Wildman–Crippen MR) is 88.1 cm³/mol. The Hall–Kier alpha value is -3.59. The molecule has 3 aromatic rings. The number of rotatable bonds is 1. The Morgan fingerprint density at radius 1 is 1.25 bits per heavy atom. The van der Waals surface area contributed by atoms with E-state index in [4.69, 9.17) is 10.5 Å². The normalized spacial score (nSPS) is 16.4. The van der Waals surface area contributed by atoms with Crippen molar-refractivity contribution in [3.63, 3.8) is 0 Å². The lowest BCUT2D eigenvalue weighted by Crippen LogP contribution is -2.27. The molecule has 0 bridgehead atoms. The van der Waals surface area contributed by atoms with Crippen LogP contribution in [0, 0.1) is 11.3 Å². The Morgan fingerprint density at radius 3 is 2.83 bits per heavy atom. The van der Waals surface area contributed by atoms with Crippen molar-refractivity contribution in [2.45, 2.75) is 5.92 Å². The van der Waals surface area contributed by atoms with Gasteiger partial charge in [0.25, 0.3) is 5.56 Å². The van der Waals surface area contributed by atoms with Gasteiger partial charge >= 0.3 is 0 Å². The summed E-state index contributed by atoms with van der Waals surface area (Å²) in [6.07, 6.45) is 3.26. The second-order valence-electron chi connectivity index (χ2n) is 5.45. The molecule has 1 aliphatic heterocycles. The van der Waals surface area contributed by atoms with Crippen LogP contribution in [0.15, 0.2) is 65.0 Å². The van der Waals surface area contributed by atoms with Gasteiger partial charge in [0.1, 0.15) is 17.4 Å². The van der Waals surface area contributed by atoms with E-state index < -0.39 is 5.92 Å². The summed E-state index contributed by atoms with van der Waals surface area (Å²) in [5.74, 6) is -0.213. The molecule has 0 aliphatic carbocycles. The van der Waals surface area contributed by atoms with Gasteiger partial charge in [-0.25, -0.2) is 0 Å². The first-order chi connectivity index (χ1) is 11.7. The molecular formula is C18H12N4O2. The Labute approximate surface area is 136 Å². The zero-order valence-electron chi connectivity index (χ0n) is 12.5. The molecule has 2 aromatic heterocycles. The minimum absolute atomic E-state index is 0.00889. The molecule has 24 heavy (non-hydrogen) atoms. The molecule has 0 spiro atoms. The van der Waals surface area contributed by atoms with E-state index in [1.807, 2.05) is 24.3 Å². The van der Waals surface area contributed by atoms with Crippen LogP contribution < -0.4 is 16.0 Å². The van der Waals surface area contributed by atoms with E-state index >= 15 is 0 Å². The van der Waals surface area contributed by atoms with Crippen molar-refractivity contribution in [1.29, 1.82) is 5.26 Å². The quantitative estimate of drug-likeness (QED) is 0.715. The summed E-state index contributed by atoms with van der Waals surface area (Å²) in [7, 11) is 0. The first-order valence-electron chi connectivity index (χ1n) is 7.33. The highest BCUT2D eigenvalue weighted by Crippen LogP contribution is 2.42. The number of hydrogen-bond donors (Lipinski definition) is 2. The summed E-state index contributed by atoms with van der Waals surface area (Å²) in [5.41, 5.74) is 7.60. The first kappa shape index (κ1) is 14.0. The van der Waals surface area contributed by atoms with Crippen molar-refractivity contribution >= 4 is 10.9 Å². The van der Waals surface area contributed by atoms with Gasteiger partial charge < -0.3 is 15.5 Å². The zero-order valence-corrected chi connectivity index (χ0v) is 12.5. The minimum atomic E-state index is -0.610. The van der Waals surface area contributed by atoms with Gasteiger partial charge in [-0.2, -0.15) is 5.26 Å². The van der Waals surface area contributed by atoms with Gasteiger partial charge in [-0.1, -0.05) is 18.2 Å². The summed E-state index contributed by atoms with van der Waals surface area (Å²) < 4.78 is 5.68. The number of H-pyrrole nitrogens is 1. The third-order valence-corrected chi connectivity index (χ3v) is 4.10. The maximum absolute atomic E-state index is 12.7. The van der Waals surface area contributed by atoms with E-state index in [1.54, 1.807) is 24.5 Å². The van der Waals surface area contributed by atoms with E-state index in [0.29, 0.717) is 22.4 Å². The van der Waals surface area contributed by atoms with Crippen molar-refractivity contribution in [2.24, 2.45) is 5.73 Å². The van der Waals surface area contributed by atoms with E-state index in [-0.39, 0.29) is 17.0 Å². The maximum Gasteiger partial charge on any atom is 0.256 e. The van der Waals surface area contributed by atoms with Gasteiger partial charge in [0, 0.05) is 17.8 Å². The average Bonchev–Trinajstić information content (AvgIpc) is 2.61. The van der Waals surface area contributed by atoms with Gasteiger partial charge in [-0.3, -0.25) is 9.78 Å². The van der Waals surface area contributed by atoms with Crippen LogP contribution in [0.2, 0.25) is 0 Å². The highest BCUT2D eigenvalue weighted by molar-refractivity contribution is 5.87. The van der Waals surface area contributed by atoms with Crippen LogP contribution in [0.3, 0.4) is 0 Å². The van der Waals surface area contributed by atoms with E-state index in [0.717, 1.165) is 5.39 Å². The summed E-state index contributed by atoms with van der Waals surface area (Å²) in [6.45, 7) is 0. The summed E-state index contributed by atoms with van der Waals surface area (Å²) in [5, 5.41) is 10.3. The number of allylic oxidation sites excluding steroid dienone is 1. The lowest BCUT2D eigenvalue weighted by molar-refractivity contribution is 0.397. The molecule has 0 saturated carbocycles. The number of aromatic amines is 1. The third kappa shape index (κ3) is 1.96. The van der Waals surface area contributed by atoms with E-state index in [2.05, 4.69) is 16.0 Å². The fraction of sp³-hybridized carbons (Fsp3) is 0.0556. The molecule has 4 rings (SSSR count). The van der Waals surface area contributed by atoms with Crippen molar-refractivity contribution in [3.8, 4) is 11.8 Å². The number of hydrogen-bond acceptors (Lipinski definition) is 5. The van der Waals surface area contributed by atoms with Crippen molar-refractivity contribution < 1.29 is 4.74 Å². The fourth-order valence-electron chi connectivity index (χ4n) is 3.05. The number of ether oxygens (including phenoxy) is 1. The Bertz CT molecular complexity index is 1080. The van der Waals surface area contributed by atoms with E-state index in [9.17, 15) is 10.1 Å². The molecule has 0 radical (unpaired) electrons. The number of nitrogens with zero attached hydrogens (tertiary/aromatic N) is 2. The molecule has 6 heteroatoms. The molecule has 0 unspecified atom stereocenters. The summed E-state index contributed by atoms with van der Waals surface area (Å²) >= 11 is 0. The lowest BCUT2D eigenvalue weighted by atomic mass is 9.84. The highest BCUT2D eigenvalue weighted by Gasteiger charge is 2.34. The fourth-order valence-corrected chi connectivity index (χ4v) is 3.05. The minimum Gasteiger partial charge on any atom is -0.439 e. The van der Waals surface area contributed by atoms with Gasteiger partial charge in [0.05, 0.1) is 17.0 Å². The van der Waals surface area contributed by atoms with Crippen LogP contribution in [0.25, 0.3) is 10.9 Å². The average molecular weight is 316 g/mol. The lowest BCUT2D eigenvalue weighted by Gasteiger charge is -2.26. The Balaban J connectivity index is 2.10. The number of pyridine rings is 2. The van der Waals surface area contributed by atoms with Crippen LogP contribution >= 0.6 is 0 Å². The molecule has 3 heterocycles. The second kappa shape index (κ2) is 5.25. The number of aromatic nitrogens is 2. The van der Waals surface area contributed by atoms with Crippen LogP contribution in [0.1, 0.15) is 17.0 Å². The number of nitrogens with one attached hydrogen (secondary N) is 1. The molecule has 0 fully saturated rings. The third-order valence-electron chi connectivity index (χ3n) is 4.10. The van der Waals surface area contributed by atoms with Gasteiger partial charge in [-0.15, -0.1) is 0 Å². The number of fused-ring (bicyclic) bond motifs is 3. The SMILES string of the molecule is N#CC1=C(N)Oc2c(c(=O)[nH]c3ccccc23)[C@@H]1c1cccnc1. The molecule has 0 amide bonds. The number of para-hydroxylation sites is 1. The summed E-state index contributed by atoms with van der Waals surface area (Å²) in [6, 6.07) is 12.9. The summed E-state index contributed by atoms with van der Waals surface area (Å²) in [4.78, 5) is 19.6.